The molecule has 7 nitrogen and oxygen atoms in total. The Hall–Kier alpha value is -2.29. The maximum atomic E-state index is 13.0. The lowest BCUT2D eigenvalue weighted by Gasteiger charge is -2.38. The molecule has 2 aromatic rings. The second kappa shape index (κ2) is 7.98. The maximum absolute atomic E-state index is 13.0. The summed E-state index contributed by atoms with van der Waals surface area (Å²) in [6.07, 6.45) is 0. The molecule has 0 radical (unpaired) electrons. The van der Waals surface area contributed by atoms with Gasteiger partial charge in [0.15, 0.2) is 0 Å². The van der Waals surface area contributed by atoms with Crippen LogP contribution in [0, 0.1) is 0 Å². The van der Waals surface area contributed by atoms with Crippen molar-refractivity contribution >= 4 is 33.2 Å². The van der Waals surface area contributed by atoms with E-state index >= 15 is 0 Å². The number of halogens is 1. The number of carbonyl (C=O) groups excluding carboxylic acids is 1. The minimum absolute atomic E-state index is 0.105. The number of piperazine rings is 1. The topological polar surface area (TPSA) is 76.2 Å². The summed E-state index contributed by atoms with van der Waals surface area (Å²) in [6.45, 7) is 1.96. The van der Waals surface area contributed by atoms with Crippen molar-refractivity contribution in [2.45, 2.75) is 17.9 Å². The molecule has 9 heteroatoms. The Bertz CT molecular complexity index is 956. The molecule has 1 aliphatic rings. The van der Waals surface area contributed by atoms with Gasteiger partial charge >= 0.3 is 0 Å². The van der Waals surface area contributed by atoms with E-state index in [1.165, 1.54) is 42.8 Å². The van der Waals surface area contributed by atoms with Gasteiger partial charge in [0.05, 0.1) is 24.8 Å². The molecule has 0 aromatic heterocycles. The zero-order chi connectivity index (χ0) is 20.5. The van der Waals surface area contributed by atoms with E-state index in [4.69, 9.17) is 21.1 Å². The molecule has 0 spiro atoms. The highest BCUT2D eigenvalue weighted by Gasteiger charge is 2.39. The van der Waals surface area contributed by atoms with Crippen LogP contribution in [-0.4, -0.2) is 52.0 Å². The molecule has 0 aliphatic carbocycles. The van der Waals surface area contributed by atoms with Crippen molar-refractivity contribution in [1.82, 2.24) is 4.31 Å². The molecule has 1 atom stereocenters. The van der Waals surface area contributed by atoms with Crippen LogP contribution in [0.25, 0.3) is 0 Å². The summed E-state index contributed by atoms with van der Waals surface area (Å²) in [5.74, 6) is 0.774. The number of sulfonamides is 1. The quantitative estimate of drug-likeness (QED) is 0.737. The zero-order valence-electron chi connectivity index (χ0n) is 15.8. The average Bonchev–Trinajstić information content (AvgIpc) is 2.69. The van der Waals surface area contributed by atoms with E-state index in [9.17, 15) is 13.2 Å². The normalized spacial score (nSPS) is 18.2. The number of hydrogen-bond acceptors (Lipinski definition) is 5. The largest absolute Gasteiger partial charge is 0.497 e. The molecule has 0 unspecified atom stereocenters. The van der Waals surface area contributed by atoms with Crippen LogP contribution in [0.4, 0.5) is 5.69 Å². The van der Waals surface area contributed by atoms with Crippen molar-refractivity contribution in [2.24, 2.45) is 0 Å². The number of rotatable bonds is 5. The van der Waals surface area contributed by atoms with Gasteiger partial charge in [0.1, 0.15) is 17.5 Å². The van der Waals surface area contributed by atoms with E-state index in [0.29, 0.717) is 22.2 Å². The smallest absolute Gasteiger partial charge is 0.245 e. The fourth-order valence-corrected chi connectivity index (χ4v) is 4.83. The molecule has 1 aliphatic heterocycles. The predicted octanol–water partition coefficient (Wildman–Crippen LogP) is 2.78. The van der Waals surface area contributed by atoms with Crippen molar-refractivity contribution in [1.29, 1.82) is 0 Å². The van der Waals surface area contributed by atoms with Crippen LogP contribution in [0.15, 0.2) is 47.4 Å². The minimum Gasteiger partial charge on any atom is -0.497 e. The number of methoxy groups -OCH3 is 2. The van der Waals surface area contributed by atoms with Crippen LogP contribution in [-0.2, 0) is 14.8 Å². The third-order valence-corrected chi connectivity index (χ3v) is 6.90. The maximum Gasteiger partial charge on any atom is 0.245 e. The molecule has 1 fully saturated rings. The molecule has 1 heterocycles. The first kappa shape index (κ1) is 20.4. The van der Waals surface area contributed by atoms with Gasteiger partial charge in [-0.3, -0.25) is 4.79 Å². The fourth-order valence-electron chi connectivity index (χ4n) is 3.13. The summed E-state index contributed by atoms with van der Waals surface area (Å²) in [6, 6.07) is 10.2. The Morgan fingerprint density at radius 3 is 2.11 bits per heavy atom. The number of carbonyl (C=O) groups is 1. The van der Waals surface area contributed by atoms with E-state index in [1.54, 1.807) is 30.0 Å². The standard InChI is InChI=1S/C19H21ClN2O5S/c1-13-19(23)21(15-10-16(26-2)12-17(11-15)27-3)8-9-22(13)28(24,25)18-6-4-14(20)5-7-18/h4-7,10-13H,8-9H2,1-3H3/t13-/m0/s1. The molecule has 0 bridgehead atoms. The number of hydrogen-bond donors (Lipinski definition) is 0. The Morgan fingerprint density at radius 1 is 1.00 bits per heavy atom. The Balaban J connectivity index is 1.89. The number of amides is 1. The number of anilines is 1. The van der Waals surface area contributed by atoms with Crippen molar-refractivity contribution in [3.8, 4) is 11.5 Å². The Morgan fingerprint density at radius 2 is 1.57 bits per heavy atom. The van der Waals surface area contributed by atoms with E-state index in [0.717, 1.165) is 0 Å². The SMILES string of the molecule is COc1cc(OC)cc(N2CCN(S(=O)(=O)c3ccc(Cl)cc3)[C@@H](C)C2=O)c1. The third-order valence-electron chi connectivity index (χ3n) is 4.67. The van der Waals surface area contributed by atoms with Crippen LogP contribution < -0.4 is 14.4 Å². The molecule has 1 saturated heterocycles. The van der Waals surface area contributed by atoms with Crippen molar-refractivity contribution in [3.63, 3.8) is 0 Å². The lowest BCUT2D eigenvalue weighted by Crippen LogP contribution is -2.57. The van der Waals surface area contributed by atoms with Crippen molar-refractivity contribution < 1.29 is 22.7 Å². The van der Waals surface area contributed by atoms with Crippen LogP contribution in [0.3, 0.4) is 0 Å². The third kappa shape index (κ3) is 3.80. The summed E-state index contributed by atoms with van der Waals surface area (Å²) in [5.41, 5.74) is 0.594. The summed E-state index contributed by atoms with van der Waals surface area (Å²) >= 11 is 5.85. The van der Waals surface area contributed by atoms with E-state index in [-0.39, 0.29) is 23.9 Å². The Kier molecular flexibility index (Phi) is 5.83. The molecule has 0 saturated carbocycles. The molecule has 1 amide bonds. The first-order chi connectivity index (χ1) is 13.3. The van der Waals surface area contributed by atoms with Gasteiger partial charge in [-0.2, -0.15) is 4.31 Å². The van der Waals surface area contributed by atoms with Crippen molar-refractivity contribution in [3.05, 3.63) is 47.5 Å². The molecule has 2 aromatic carbocycles. The van der Waals surface area contributed by atoms with Gasteiger partial charge in [-0.25, -0.2) is 8.42 Å². The lowest BCUT2D eigenvalue weighted by molar-refractivity contribution is -0.123. The highest BCUT2D eigenvalue weighted by Crippen LogP contribution is 2.31. The summed E-state index contributed by atoms with van der Waals surface area (Å²) in [5, 5.41) is 0.444. The molecule has 0 N–H and O–H groups in total. The molecule has 150 valence electrons. The number of ether oxygens (including phenoxy) is 2. The molecular formula is C19H21ClN2O5S. The van der Waals surface area contributed by atoms with Gasteiger partial charge in [-0.15, -0.1) is 0 Å². The van der Waals surface area contributed by atoms with Gasteiger partial charge in [-0.05, 0) is 31.2 Å². The van der Waals surface area contributed by atoms with Gasteiger partial charge < -0.3 is 14.4 Å². The lowest BCUT2D eigenvalue weighted by atomic mass is 10.1. The van der Waals surface area contributed by atoms with Gasteiger partial charge in [0.25, 0.3) is 0 Å². The highest BCUT2D eigenvalue weighted by atomic mass is 35.5. The highest BCUT2D eigenvalue weighted by molar-refractivity contribution is 7.89. The second-order valence-electron chi connectivity index (χ2n) is 6.31. The fraction of sp³-hybridized carbons (Fsp3) is 0.316. The minimum atomic E-state index is -3.81. The summed E-state index contributed by atoms with van der Waals surface area (Å²) < 4.78 is 37.7. The van der Waals surface area contributed by atoms with Gasteiger partial charge in [0.2, 0.25) is 15.9 Å². The zero-order valence-corrected chi connectivity index (χ0v) is 17.3. The molecular weight excluding hydrogens is 404 g/mol. The number of benzene rings is 2. The van der Waals surface area contributed by atoms with Crippen LogP contribution in [0.1, 0.15) is 6.92 Å². The van der Waals surface area contributed by atoms with Crippen LogP contribution in [0.2, 0.25) is 5.02 Å². The first-order valence-electron chi connectivity index (χ1n) is 8.60. The average molecular weight is 425 g/mol. The second-order valence-corrected chi connectivity index (χ2v) is 8.63. The van der Waals surface area contributed by atoms with E-state index in [2.05, 4.69) is 0 Å². The molecule has 28 heavy (non-hydrogen) atoms. The van der Waals surface area contributed by atoms with Crippen molar-refractivity contribution in [2.75, 3.05) is 32.2 Å². The Labute approximate surface area is 169 Å². The van der Waals surface area contributed by atoms with Crippen LogP contribution >= 0.6 is 11.6 Å². The van der Waals surface area contributed by atoms with Gasteiger partial charge in [0, 0.05) is 36.3 Å². The predicted molar refractivity (Wildman–Crippen MR) is 107 cm³/mol. The first-order valence-corrected chi connectivity index (χ1v) is 10.4. The molecule has 3 rings (SSSR count). The van der Waals surface area contributed by atoms with E-state index < -0.39 is 16.1 Å². The van der Waals surface area contributed by atoms with Gasteiger partial charge in [-0.1, -0.05) is 11.6 Å². The monoisotopic (exact) mass is 424 g/mol. The van der Waals surface area contributed by atoms with E-state index in [1.807, 2.05) is 0 Å². The summed E-state index contributed by atoms with van der Waals surface area (Å²) in [4.78, 5) is 14.6. The number of nitrogens with zero attached hydrogens (tertiary/aromatic N) is 2. The van der Waals surface area contributed by atoms with Crippen LogP contribution in [0.5, 0.6) is 11.5 Å². The summed E-state index contributed by atoms with van der Waals surface area (Å²) in [7, 11) is -0.760.